The summed E-state index contributed by atoms with van der Waals surface area (Å²) in [4.78, 5) is 16.5. The Morgan fingerprint density at radius 1 is 1.19 bits per heavy atom. The lowest BCUT2D eigenvalue weighted by molar-refractivity contribution is -0.124. The molecule has 7 nitrogen and oxygen atoms in total. The van der Waals surface area contributed by atoms with Crippen LogP contribution in [0, 0.1) is 6.92 Å². The molecule has 0 saturated carbocycles. The summed E-state index contributed by atoms with van der Waals surface area (Å²) < 4.78 is 10.8. The Kier molecular flexibility index (Phi) is 8.29. The van der Waals surface area contributed by atoms with Crippen molar-refractivity contribution in [1.82, 2.24) is 10.6 Å². The van der Waals surface area contributed by atoms with Crippen LogP contribution in [0.4, 0.5) is 5.69 Å². The minimum absolute atomic E-state index is 0.0761. The largest absolute Gasteiger partial charge is 0.496 e. The summed E-state index contributed by atoms with van der Waals surface area (Å²) in [7, 11) is 3.45. The standard InChI is InChI=1S/C24H32N4O3/c1-17-9-10-18(15-22(17)30-3)11-12-26-24(25-2)27-16-19-6-4-7-20(14-19)28-23(29)21-8-5-13-31-21/h4,6-7,9-10,14-15,21H,5,8,11-13,16H2,1-3H3,(H,28,29)(H2,25,26,27). The number of nitrogens with zero attached hydrogens (tertiary/aromatic N) is 1. The van der Waals surface area contributed by atoms with E-state index in [0.29, 0.717) is 13.2 Å². The average Bonchev–Trinajstić information content (AvgIpc) is 3.32. The van der Waals surface area contributed by atoms with Gasteiger partial charge in [-0.05, 0) is 61.1 Å². The Morgan fingerprint density at radius 2 is 2.06 bits per heavy atom. The van der Waals surface area contributed by atoms with Gasteiger partial charge in [-0.3, -0.25) is 9.79 Å². The molecule has 166 valence electrons. The maximum atomic E-state index is 12.2. The molecule has 1 saturated heterocycles. The van der Waals surface area contributed by atoms with E-state index in [0.717, 1.165) is 54.3 Å². The molecule has 1 heterocycles. The summed E-state index contributed by atoms with van der Waals surface area (Å²) in [6.45, 7) is 4.05. The number of aliphatic imine (C=N–C) groups is 1. The predicted octanol–water partition coefficient (Wildman–Crippen LogP) is 3.03. The molecule has 0 bridgehead atoms. The minimum atomic E-state index is -0.335. The number of methoxy groups -OCH3 is 1. The van der Waals surface area contributed by atoms with Gasteiger partial charge in [-0.25, -0.2) is 0 Å². The fraction of sp³-hybridized carbons (Fsp3) is 0.417. The van der Waals surface area contributed by atoms with Gasteiger partial charge in [0.1, 0.15) is 11.9 Å². The van der Waals surface area contributed by atoms with E-state index < -0.39 is 0 Å². The van der Waals surface area contributed by atoms with Crippen molar-refractivity contribution in [2.24, 2.45) is 4.99 Å². The van der Waals surface area contributed by atoms with Crippen molar-refractivity contribution >= 4 is 17.6 Å². The molecular formula is C24H32N4O3. The van der Waals surface area contributed by atoms with Crippen LogP contribution in [0.3, 0.4) is 0 Å². The maximum absolute atomic E-state index is 12.2. The van der Waals surface area contributed by atoms with Gasteiger partial charge in [-0.1, -0.05) is 24.3 Å². The van der Waals surface area contributed by atoms with Gasteiger partial charge in [-0.2, -0.15) is 0 Å². The van der Waals surface area contributed by atoms with Crippen molar-refractivity contribution < 1.29 is 14.3 Å². The molecule has 3 rings (SSSR count). The van der Waals surface area contributed by atoms with Gasteiger partial charge >= 0.3 is 0 Å². The van der Waals surface area contributed by atoms with Crippen LogP contribution in [0.5, 0.6) is 5.75 Å². The molecule has 1 aliphatic rings. The Labute approximate surface area is 184 Å². The number of nitrogens with one attached hydrogen (secondary N) is 3. The lowest BCUT2D eigenvalue weighted by atomic mass is 10.1. The first-order valence-electron chi connectivity index (χ1n) is 10.7. The van der Waals surface area contributed by atoms with E-state index in [2.05, 4.69) is 39.1 Å². The van der Waals surface area contributed by atoms with Gasteiger partial charge in [0.25, 0.3) is 5.91 Å². The molecule has 3 N–H and O–H groups in total. The summed E-state index contributed by atoms with van der Waals surface area (Å²) in [6.07, 6.45) is 2.25. The summed E-state index contributed by atoms with van der Waals surface area (Å²) in [6, 6.07) is 14.1. The number of aryl methyl sites for hydroxylation is 1. The third kappa shape index (κ3) is 6.72. The van der Waals surface area contributed by atoms with Crippen LogP contribution in [0.2, 0.25) is 0 Å². The van der Waals surface area contributed by atoms with Crippen LogP contribution < -0.4 is 20.7 Å². The zero-order valence-electron chi connectivity index (χ0n) is 18.5. The minimum Gasteiger partial charge on any atom is -0.496 e. The molecule has 0 spiro atoms. The predicted molar refractivity (Wildman–Crippen MR) is 124 cm³/mol. The Bertz CT molecular complexity index is 907. The van der Waals surface area contributed by atoms with Gasteiger partial charge in [0.05, 0.1) is 7.11 Å². The Balaban J connectivity index is 1.46. The molecule has 0 aromatic heterocycles. The lowest BCUT2D eigenvalue weighted by Gasteiger charge is -2.14. The van der Waals surface area contributed by atoms with Crippen molar-refractivity contribution in [3.8, 4) is 5.75 Å². The van der Waals surface area contributed by atoms with E-state index in [1.165, 1.54) is 5.56 Å². The monoisotopic (exact) mass is 424 g/mol. The summed E-state index contributed by atoms with van der Waals surface area (Å²) in [5, 5.41) is 9.60. The summed E-state index contributed by atoms with van der Waals surface area (Å²) >= 11 is 0. The highest BCUT2D eigenvalue weighted by molar-refractivity contribution is 5.94. The number of benzene rings is 2. The van der Waals surface area contributed by atoms with Gasteiger partial charge in [0.2, 0.25) is 0 Å². The van der Waals surface area contributed by atoms with Crippen LogP contribution in [0.25, 0.3) is 0 Å². The van der Waals surface area contributed by atoms with E-state index in [4.69, 9.17) is 9.47 Å². The summed E-state index contributed by atoms with van der Waals surface area (Å²) in [5.74, 6) is 1.56. The Hall–Kier alpha value is -3.06. The average molecular weight is 425 g/mol. The highest BCUT2D eigenvalue weighted by atomic mass is 16.5. The second kappa shape index (κ2) is 11.4. The molecule has 2 aromatic rings. The number of hydrogen-bond donors (Lipinski definition) is 3. The first-order chi connectivity index (χ1) is 15.1. The molecule has 1 fully saturated rings. The first-order valence-corrected chi connectivity index (χ1v) is 10.7. The van der Waals surface area contributed by atoms with Gasteiger partial charge in [-0.15, -0.1) is 0 Å². The number of hydrogen-bond acceptors (Lipinski definition) is 4. The third-order valence-electron chi connectivity index (χ3n) is 5.28. The lowest BCUT2D eigenvalue weighted by Crippen LogP contribution is -2.37. The van der Waals surface area contributed by atoms with Crippen molar-refractivity contribution in [1.29, 1.82) is 0 Å². The molecule has 1 amide bonds. The van der Waals surface area contributed by atoms with Gasteiger partial charge < -0.3 is 25.4 Å². The highest BCUT2D eigenvalue weighted by Crippen LogP contribution is 2.19. The first kappa shape index (κ1) is 22.6. The van der Waals surface area contributed by atoms with Gasteiger partial charge in [0, 0.05) is 32.4 Å². The second-order valence-corrected chi connectivity index (χ2v) is 7.60. The summed E-state index contributed by atoms with van der Waals surface area (Å²) in [5.41, 5.74) is 4.17. The van der Waals surface area contributed by atoms with Crippen LogP contribution in [0.15, 0.2) is 47.5 Å². The third-order valence-corrected chi connectivity index (χ3v) is 5.28. The fourth-order valence-electron chi connectivity index (χ4n) is 3.52. The molecule has 7 heteroatoms. The molecular weight excluding hydrogens is 392 g/mol. The molecule has 31 heavy (non-hydrogen) atoms. The maximum Gasteiger partial charge on any atom is 0.253 e. The fourth-order valence-corrected chi connectivity index (χ4v) is 3.52. The Morgan fingerprint density at radius 3 is 2.81 bits per heavy atom. The van der Waals surface area contributed by atoms with Crippen molar-refractivity contribution in [3.63, 3.8) is 0 Å². The van der Waals surface area contributed by atoms with E-state index >= 15 is 0 Å². The molecule has 1 unspecified atom stereocenters. The van der Waals surface area contributed by atoms with Crippen LogP contribution in [-0.4, -0.2) is 45.3 Å². The highest BCUT2D eigenvalue weighted by Gasteiger charge is 2.23. The number of carbonyl (C=O) groups is 1. The van der Waals surface area contributed by atoms with Crippen molar-refractivity contribution in [2.75, 3.05) is 32.6 Å². The number of guanidine groups is 1. The van der Waals surface area contributed by atoms with Crippen molar-refractivity contribution in [2.45, 2.75) is 38.8 Å². The number of ether oxygens (including phenoxy) is 2. The number of carbonyl (C=O) groups excluding carboxylic acids is 1. The number of amides is 1. The zero-order chi connectivity index (χ0) is 22.1. The quantitative estimate of drug-likeness (QED) is 0.448. The smallest absolute Gasteiger partial charge is 0.253 e. The van der Waals surface area contributed by atoms with E-state index in [1.54, 1.807) is 14.2 Å². The van der Waals surface area contributed by atoms with E-state index in [9.17, 15) is 4.79 Å². The second-order valence-electron chi connectivity index (χ2n) is 7.60. The molecule has 1 aliphatic heterocycles. The number of anilines is 1. The molecule has 1 atom stereocenters. The van der Waals surface area contributed by atoms with Crippen LogP contribution >= 0.6 is 0 Å². The molecule has 0 aliphatic carbocycles. The van der Waals surface area contributed by atoms with E-state index in [-0.39, 0.29) is 12.0 Å². The normalized spacial score (nSPS) is 16.1. The van der Waals surface area contributed by atoms with Gasteiger partial charge in [0.15, 0.2) is 5.96 Å². The van der Waals surface area contributed by atoms with Crippen LogP contribution in [0.1, 0.15) is 29.5 Å². The topological polar surface area (TPSA) is 84.0 Å². The SMILES string of the molecule is CN=C(NCCc1ccc(C)c(OC)c1)NCc1cccc(NC(=O)C2CCCO2)c1. The molecule has 0 radical (unpaired) electrons. The van der Waals surface area contributed by atoms with Crippen molar-refractivity contribution in [3.05, 3.63) is 59.2 Å². The van der Waals surface area contributed by atoms with E-state index in [1.807, 2.05) is 31.2 Å². The van der Waals surface area contributed by atoms with Crippen LogP contribution in [-0.2, 0) is 22.5 Å². The zero-order valence-corrected chi connectivity index (χ0v) is 18.5. The molecule has 2 aromatic carbocycles. The number of rotatable bonds is 8.